The Bertz CT molecular complexity index is 1130. The Kier molecular flexibility index (Phi) is 8.63. The number of carbonyl (C=O) groups excluding carboxylic acids is 1. The summed E-state index contributed by atoms with van der Waals surface area (Å²) in [5.74, 6) is 1.69. The Labute approximate surface area is 216 Å². The molecule has 2 aromatic carbocycles. The molecule has 1 amide bonds. The zero-order valence-electron chi connectivity index (χ0n) is 20.9. The zero-order valence-corrected chi connectivity index (χ0v) is 22.5. The molecule has 1 aliphatic heterocycles. The van der Waals surface area contributed by atoms with Crippen LogP contribution in [0.1, 0.15) is 60.3 Å². The van der Waals surface area contributed by atoms with Gasteiger partial charge in [-0.1, -0.05) is 48.3 Å². The second kappa shape index (κ2) is 11.9. The van der Waals surface area contributed by atoms with Crippen LogP contribution in [-0.2, 0) is 13.1 Å². The van der Waals surface area contributed by atoms with E-state index in [4.69, 9.17) is 4.74 Å². The number of ether oxygens (including phenoxy) is 1. The molecule has 4 rings (SSSR count). The number of nitrogens with zero attached hydrogens (tertiary/aromatic N) is 3. The van der Waals surface area contributed by atoms with Gasteiger partial charge in [-0.3, -0.25) is 14.4 Å². The number of anilines is 1. The van der Waals surface area contributed by atoms with Crippen molar-refractivity contribution in [2.75, 3.05) is 25.0 Å². The summed E-state index contributed by atoms with van der Waals surface area (Å²) in [6.45, 7) is 10.7. The molecule has 3 aromatic rings. The van der Waals surface area contributed by atoms with Crippen LogP contribution in [0.2, 0.25) is 0 Å². The van der Waals surface area contributed by atoms with Crippen LogP contribution >= 0.6 is 15.9 Å². The van der Waals surface area contributed by atoms with Crippen LogP contribution in [0.3, 0.4) is 0 Å². The number of nitrogens with one attached hydrogen (secondary N) is 1. The molecular weight excluding hydrogens is 504 g/mol. The van der Waals surface area contributed by atoms with Gasteiger partial charge in [0, 0.05) is 33.9 Å². The molecule has 186 valence electrons. The fraction of sp³-hybridized carbons (Fsp3) is 0.429. The number of benzene rings is 2. The molecule has 6 nitrogen and oxygen atoms in total. The summed E-state index contributed by atoms with van der Waals surface area (Å²) >= 11 is 3.56. The molecule has 35 heavy (non-hydrogen) atoms. The lowest BCUT2D eigenvalue weighted by Gasteiger charge is -2.26. The molecule has 1 fully saturated rings. The number of amides is 1. The third kappa shape index (κ3) is 7.18. The van der Waals surface area contributed by atoms with E-state index in [0.29, 0.717) is 30.5 Å². The van der Waals surface area contributed by atoms with Gasteiger partial charge in [0.15, 0.2) is 5.82 Å². The maximum atomic E-state index is 12.8. The maximum Gasteiger partial charge on any atom is 0.256 e. The van der Waals surface area contributed by atoms with E-state index in [1.54, 1.807) is 0 Å². The van der Waals surface area contributed by atoms with Crippen molar-refractivity contribution in [1.82, 2.24) is 14.7 Å². The summed E-state index contributed by atoms with van der Waals surface area (Å²) in [5, 5.41) is 7.59. The lowest BCUT2D eigenvalue weighted by Crippen LogP contribution is -2.29. The number of halogens is 1. The number of rotatable bonds is 9. The van der Waals surface area contributed by atoms with Crippen LogP contribution < -0.4 is 10.1 Å². The molecule has 2 heterocycles. The number of piperidine rings is 1. The SMILES string of the molecule is Cc1cc(NC(=O)c2ccc(CN3CCCCC3)cc2)nn1Cc1cc(Br)ccc1OCC(C)C. The first-order valence-electron chi connectivity index (χ1n) is 12.5. The van der Waals surface area contributed by atoms with Crippen LogP contribution in [-0.4, -0.2) is 40.3 Å². The first kappa shape index (κ1) is 25.5. The maximum absolute atomic E-state index is 12.8. The molecule has 0 atom stereocenters. The lowest BCUT2D eigenvalue weighted by molar-refractivity contribution is 0.102. The second-order valence-electron chi connectivity index (χ2n) is 9.77. The number of likely N-dealkylation sites (tertiary alicyclic amines) is 1. The number of aromatic nitrogens is 2. The van der Waals surface area contributed by atoms with Crippen molar-refractivity contribution in [3.63, 3.8) is 0 Å². The van der Waals surface area contributed by atoms with Crippen LogP contribution in [0.25, 0.3) is 0 Å². The van der Waals surface area contributed by atoms with Crippen LogP contribution in [0.4, 0.5) is 5.82 Å². The minimum absolute atomic E-state index is 0.150. The first-order chi connectivity index (χ1) is 16.9. The van der Waals surface area contributed by atoms with Gasteiger partial charge in [-0.05, 0) is 74.7 Å². The van der Waals surface area contributed by atoms with Gasteiger partial charge in [-0.25, -0.2) is 0 Å². The van der Waals surface area contributed by atoms with Crippen LogP contribution in [0, 0.1) is 12.8 Å². The number of aryl methyl sites for hydroxylation is 1. The van der Waals surface area contributed by atoms with Gasteiger partial charge >= 0.3 is 0 Å². The van der Waals surface area contributed by atoms with Gasteiger partial charge in [0.1, 0.15) is 5.75 Å². The van der Waals surface area contributed by atoms with E-state index in [9.17, 15) is 4.79 Å². The Morgan fingerprint density at radius 3 is 2.51 bits per heavy atom. The highest BCUT2D eigenvalue weighted by Gasteiger charge is 2.14. The third-order valence-corrected chi connectivity index (χ3v) is 6.70. The van der Waals surface area contributed by atoms with Crippen molar-refractivity contribution >= 4 is 27.7 Å². The average molecular weight is 540 g/mol. The molecule has 0 unspecified atom stereocenters. The summed E-state index contributed by atoms with van der Waals surface area (Å²) < 4.78 is 8.90. The largest absolute Gasteiger partial charge is 0.493 e. The summed E-state index contributed by atoms with van der Waals surface area (Å²) in [5.41, 5.74) is 3.88. The van der Waals surface area contributed by atoms with Gasteiger partial charge in [0.2, 0.25) is 0 Å². The quantitative estimate of drug-likeness (QED) is 0.348. The monoisotopic (exact) mass is 538 g/mol. The summed E-state index contributed by atoms with van der Waals surface area (Å²) in [6, 6.07) is 15.8. The fourth-order valence-electron chi connectivity index (χ4n) is 4.29. The fourth-order valence-corrected chi connectivity index (χ4v) is 4.70. The molecule has 1 saturated heterocycles. The predicted octanol–water partition coefficient (Wildman–Crippen LogP) is 6.28. The molecular formula is C28H35BrN4O2. The normalized spacial score (nSPS) is 14.3. The smallest absolute Gasteiger partial charge is 0.256 e. The van der Waals surface area contributed by atoms with Crippen LogP contribution in [0.15, 0.2) is 53.0 Å². The number of carbonyl (C=O) groups is 1. The Morgan fingerprint density at radius 1 is 1.06 bits per heavy atom. The highest BCUT2D eigenvalue weighted by Crippen LogP contribution is 2.25. The molecule has 1 aromatic heterocycles. The van der Waals surface area contributed by atoms with Crippen molar-refractivity contribution in [1.29, 1.82) is 0 Å². The molecule has 0 radical (unpaired) electrons. The topological polar surface area (TPSA) is 59.4 Å². The first-order valence-corrected chi connectivity index (χ1v) is 13.2. The molecule has 0 bridgehead atoms. The van der Waals surface area contributed by atoms with E-state index in [1.165, 1.54) is 24.8 Å². The molecule has 0 spiro atoms. The van der Waals surface area contributed by atoms with Gasteiger partial charge in [0.25, 0.3) is 5.91 Å². The molecule has 1 aliphatic rings. The van der Waals surface area contributed by atoms with Crippen molar-refractivity contribution in [3.8, 4) is 5.75 Å². The van der Waals surface area contributed by atoms with E-state index in [-0.39, 0.29) is 5.91 Å². The highest BCUT2D eigenvalue weighted by atomic mass is 79.9. The zero-order chi connectivity index (χ0) is 24.8. The van der Waals surface area contributed by atoms with Crippen LogP contribution in [0.5, 0.6) is 5.75 Å². The second-order valence-corrected chi connectivity index (χ2v) is 10.7. The summed E-state index contributed by atoms with van der Waals surface area (Å²) in [6.07, 6.45) is 3.89. The average Bonchev–Trinajstić information content (AvgIpc) is 3.17. The van der Waals surface area contributed by atoms with E-state index in [1.807, 2.05) is 41.9 Å². The Hall–Kier alpha value is -2.64. The van der Waals surface area contributed by atoms with Crippen molar-refractivity contribution in [2.45, 2.75) is 53.1 Å². The Morgan fingerprint density at radius 2 is 1.80 bits per heavy atom. The van der Waals surface area contributed by atoms with E-state index in [2.05, 4.69) is 63.3 Å². The number of hydrogen-bond donors (Lipinski definition) is 1. The predicted molar refractivity (Wildman–Crippen MR) is 144 cm³/mol. The number of hydrogen-bond acceptors (Lipinski definition) is 4. The minimum Gasteiger partial charge on any atom is -0.493 e. The van der Waals surface area contributed by atoms with E-state index >= 15 is 0 Å². The van der Waals surface area contributed by atoms with Crippen molar-refractivity contribution < 1.29 is 9.53 Å². The van der Waals surface area contributed by atoms with Crippen molar-refractivity contribution in [2.24, 2.45) is 5.92 Å². The van der Waals surface area contributed by atoms with Gasteiger partial charge in [-0.2, -0.15) is 5.10 Å². The molecule has 1 N–H and O–H groups in total. The van der Waals surface area contributed by atoms with Gasteiger partial charge in [0.05, 0.1) is 13.2 Å². The van der Waals surface area contributed by atoms with Crippen molar-refractivity contribution in [3.05, 3.63) is 75.4 Å². The van der Waals surface area contributed by atoms with Gasteiger partial charge in [-0.15, -0.1) is 0 Å². The highest BCUT2D eigenvalue weighted by molar-refractivity contribution is 9.10. The molecule has 0 aliphatic carbocycles. The third-order valence-electron chi connectivity index (χ3n) is 6.21. The summed E-state index contributed by atoms with van der Waals surface area (Å²) in [7, 11) is 0. The Balaban J connectivity index is 1.40. The summed E-state index contributed by atoms with van der Waals surface area (Å²) in [4.78, 5) is 15.3. The van der Waals surface area contributed by atoms with E-state index in [0.717, 1.165) is 41.1 Å². The molecule has 0 saturated carbocycles. The standard InChI is InChI=1S/C28H35BrN4O2/c1-20(2)19-35-26-12-11-25(29)16-24(26)18-33-21(3)15-27(31-33)30-28(34)23-9-7-22(8-10-23)17-32-13-5-4-6-14-32/h7-12,15-16,20H,4-6,13-14,17-19H2,1-3H3,(H,30,31,34). The lowest BCUT2D eigenvalue weighted by atomic mass is 10.1. The van der Waals surface area contributed by atoms with E-state index < -0.39 is 0 Å². The minimum atomic E-state index is -0.150. The van der Waals surface area contributed by atoms with Gasteiger partial charge < -0.3 is 10.1 Å². The molecule has 7 heteroatoms.